The highest BCUT2D eigenvalue weighted by atomic mass is 79.9. The Kier molecular flexibility index (Phi) is 5.89. The van der Waals surface area contributed by atoms with Gasteiger partial charge in [-0.05, 0) is 45.8 Å². The molecule has 6 heteroatoms. The molecule has 0 spiro atoms. The molecule has 0 amide bonds. The van der Waals surface area contributed by atoms with Gasteiger partial charge in [-0.3, -0.25) is 0 Å². The van der Waals surface area contributed by atoms with Crippen LogP contribution in [0.5, 0.6) is 5.75 Å². The lowest BCUT2D eigenvalue weighted by Gasteiger charge is -2.12. The topological polar surface area (TPSA) is 46.5 Å². The summed E-state index contributed by atoms with van der Waals surface area (Å²) in [5.74, 6) is -0.541. The van der Waals surface area contributed by atoms with Crippen LogP contribution in [0.1, 0.15) is 11.1 Å². The minimum Gasteiger partial charge on any atom is -0.486 e. The first-order valence-corrected chi connectivity index (χ1v) is 7.78. The number of hydrogen-bond donors (Lipinski definition) is 1. The molecule has 0 saturated carbocycles. The molecule has 114 valence electrons. The quantitative estimate of drug-likeness (QED) is 0.679. The number of halogens is 3. The van der Waals surface area contributed by atoms with E-state index in [1.807, 2.05) is 18.2 Å². The van der Waals surface area contributed by atoms with Gasteiger partial charge in [0.15, 0.2) is 5.75 Å². The maximum absolute atomic E-state index is 10.5. The van der Waals surface area contributed by atoms with Crippen molar-refractivity contribution < 1.29 is 14.6 Å². The average molecular weight is 402 g/mol. The van der Waals surface area contributed by atoms with E-state index >= 15 is 0 Å². The molecule has 2 rings (SSSR count). The second-order valence-corrected chi connectivity index (χ2v) is 6.03. The summed E-state index contributed by atoms with van der Waals surface area (Å²) in [7, 11) is 0. The maximum atomic E-state index is 10.5. The van der Waals surface area contributed by atoms with Crippen LogP contribution in [0.4, 0.5) is 0 Å². The third-order valence-corrected chi connectivity index (χ3v) is 4.01. The van der Waals surface area contributed by atoms with Crippen molar-refractivity contribution in [3.8, 4) is 5.75 Å². The second-order valence-electron chi connectivity index (χ2n) is 4.37. The summed E-state index contributed by atoms with van der Waals surface area (Å²) in [6.45, 7) is 0.280. The van der Waals surface area contributed by atoms with Crippen LogP contribution in [0.2, 0.25) is 10.0 Å². The number of benzene rings is 2. The third kappa shape index (κ3) is 4.50. The molecule has 0 fully saturated rings. The Labute approximate surface area is 146 Å². The number of hydrogen-bond acceptors (Lipinski definition) is 2. The van der Waals surface area contributed by atoms with E-state index in [2.05, 4.69) is 15.9 Å². The first-order chi connectivity index (χ1) is 10.5. The monoisotopic (exact) mass is 400 g/mol. The van der Waals surface area contributed by atoms with E-state index in [1.54, 1.807) is 18.2 Å². The molecule has 0 aliphatic rings. The van der Waals surface area contributed by atoms with Crippen molar-refractivity contribution in [1.82, 2.24) is 0 Å². The molecule has 3 nitrogen and oxygen atoms in total. The molecule has 2 aromatic carbocycles. The van der Waals surface area contributed by atoms with Gasteiger partial charge in [-0.25, -0.2) is 4.79 Å². The Bertz CT molecular complexity index is 706. The van der Waals surface area contributed by atoms with Crippen molar-refractivity contribution >= 4 is 51.2 Å². The number of carbonyl (C=O) groups is 1. The summed E-state index contributed by atoms with van der Waals surface area (Å²) in [6.07, 6.45) is 2.50. The normalized spacial score (nSPS) is 10.9. The fourth-order valence-corrected chi connectivity index (χ4v) is 2.93. The molecule has 0 aliphatic carbocycles. The van der Waals surface area contributed by atoms with Crippen LogP contribution in [-0.2, 0) is 11.4 Å². The minimum absolute atomic E-state index is 0.280. The number of rotatable bonds is 5. The van der Waals surface area contributed by atoms with Crippen molar-refractivity contribution in [2.24, 2.45) is 0 Å². The Hall–Kier alpha value is -1.49. The van der Waals surface area contributed by atoms with Crippen LogP contribution in [0.3, 0.4) is 0 Å². The second kappa shape index (κ2) is 7.68. The zero-order chi connectivity index (χ0) is 16.1. The number of carboxylic acid groups (broad SMARTS) is 1. The minimum atomic E-state index is -1.02. The summed E-state index contributed by atoms with van der Waals surface area (Å²) in [5, 5.41) is 9.64. The molecule has 0 heterocycles. The largest absolute Gasteiger partial charge is 0.486 e. The molecule has 0 saturated heterocycles. The highest BCUT2D eigenvalue weighted by Crippen LogP contribution is 2.35. The smallest absolute Gasteiger partial charge is 0.328 e. The van der Waals surface area contributed by atoms with Crippen molar-refractivity contribution in [3.63, 3.8) is 0 Å². The Morgan fingerprint density at radius 3 is 2.59 bits per heavy atom. The Morgan fingerprint density at radius 2 is 1.95 bits per heavy atom. The standard InChI is InChI=1S/C16H11BrCl2O3/c17-12-7-10(5-6-15(20)21)8-14(19)16(12)22-9-11-3-1-2-4-13(11)18/h1-8H,9H2,(H,20,21)/b6-5+. The van der Waals surface area contributed by atoms with E-state index in [-0.39, 0.29) is 6.61 Å². The number of carboxylic acids is 1. The molecule has 0 radical (unpaired) electrons. The molecule has 0 aromatic heterocycles. The number of aliphatic carboxylic acids is 1. The predicted molar refractivity (Wildman–Crippen MR) is 91.6 cm³/mol. The summed E-state index contributed by atoms with van der Waals surface area (Å²) in [6, 6.07) is 10.7. The van der Waals surface area contributed by atoms with Crippen LogP contribution in [0.25, 0.3) is 6.08 Å². The van der Waals surface area contributed by atoms with Crippen LogP contribution in [-0.4, -0.2) is 11.1 Å². The molecular weight excluding hydrogens is 391 g/mol. The van der Waals surface area contributed by atoms with Crippen molar-refractivity contribution in [2.75, 3.05) is 0 Å². The lowest BCUT2D eigenvalue weighted by atomic mass is 10.2. The molecule has 0 aliphatic heterocycles. The van der Waals surface area contributed by atoms with E-state index < -0.39 is 5.97 Å². The summed E-state index contributed by atoms with van der Waals surface area (Å²) < 4.78 is 6.35. The van der Waals surface area contributed by atoms with E-state index in [0.717, 1.165) is 11.6 Å². The molecule has 0 atom stereocenters. The molecule has 0 unspecified atom stereocenters. The lowest BCUT2D eigenvalue weighted by molar-refractivity contribution is -0.131. The average Bonchev–Trinajstić information content (AvgIpc) is 2.46. The van der Waals surface area contributed by atoms with Gasteiger partial charge in [0, 0.05) is 16.7 Å². The molecule has 0 bridgehead atoms. The van der Waals surface area contributed by atoms with Crippen molar-refractivity contribution in [1.29, 1.82) is 0 Å². The fraction of sp³-hybridized carbons (Fsp3) is 0.0625. The van der Waals surface area contributed by atoms with Gasteiger partial charge >= 0.3 is 5.97 Å². The van der Waals surface area contributed by atoms with Crippen LogP contribution in [0.15, 0.2) is 46.9 Å². The molecule has 22 heavy (non-hydrogen) atoms. The zero-order valence-electron chi connectivity index (χ0n) is 11.2. The van der Waals surface area contributed by atoms with Crippen molar-refractivity contribution in [3.05, 3.63) is 68.1 Å². The van der Waals surface area contributed by atoms with Gasteiger partial charge in [-0.1, -0.05) is 41.4 Å². The van der Waals surface area contributed by atoms with Gasteiger partial charge in [0.25, 0.3) is 0 Å². The van der Waals surface area contributed by atoms with Gasteiger partial charge in [0.05, 0.1) is 9.50 Å². The van der Waals surface area contributed by atoms with Gasteiger partial charge in [0.1, 0.15) is 6.61 Å². The van der Waals surface area contributed by atoms with Gasteiger partial charge in [0.2, 0.25) is 0 Å². The summed E-state index contributed by atoms with van der Waals surface area (Å²) in [4.78, 5) is 10.5. The maximum Gasteiger partial charge on any atom is 0.328 e. The van der Waals surface area contributed by atoms with Crippen LogP contribution < -0.4 is 4.74 Å². The van der Waals surface area contributed by atoms with Gasteiger partial charge in [-0.15, -0.1) is 0 Å². The van der Waals surface area contributed by atoms with E-state index in [0.29, 0.717) is 25.8 Å². The van der Waals surface area contributed by atoms with Gasteiger partial charge < -0.3 is 9.84 Å². The third-order valence-electron chi connectivity index (χ3n) is 2.77. The SMILES string of the molecule is O=C(O)/C=C/c1cc(Cl)c(OCc2ccccc2Cl)c(Br)c1. The lowest BCUT2D eigenvalue weighted by Crippen LogP contribution is -1.98. The first kappa shape index (κ1) is 16.9. The van der Waals surface area contributed by atoms with Crippen LogP contribution >= 0.6 is 39.1 Å². The molecule has 1 N–H and O–H groups in total. The van der Waals surface area contributed by atoms with E-state index in [1.165, 1.54) is 6.08 Å². The Balaban J connectivity index is 2.18. The highest BCUT2D eigenvalue weighted by Gasteiger charge is 2.10. The van der Waals surface area contributed by atoms with Crippen LogP contribution in [0, 0.1) is 0 Å². The fourth-order valence-electron chi connectivity index (χ4n) is 1.75. The summed E-state index contributed by atoms with van der Waals surface area (Å²) in [5.41, 5.74) is 1.51. The zero-order valence-corrected chi connectivity index (χ0v) is 14.3. The molecular formula is C16H11BrCl2O3. The predicted octanol–water partition coefficient (Wildman–Crippen LogP) is 5.43. The first-order valence-electron chi connectivity index (χ1n) is 6.23. The highest BCUT2D eigenvalue weighted by molar-refractivity contribution is 9.10. The van der Waals surface area contributed by atoms with Gasteiger partial charge in [-0.2, -0.15) is 0 Å². The van der Waals surface area contributed by atoms with E-state index in [4.69, 9.17) is 33.0 Å². The molecule has 2 aromatic rings. The van der Waals surface area contributed by atoms with Crippen molar-refractivity contribution in [2.45, 2.75) is 6.61 Å². The van der Waals surface area contributed by atoms with E-state index in [9.17, 15) is 4.79 Å². The summed E-state index contributed by atoms with van der Waals surface area (Å²) >= 11 is 15.6. The Morgan fingerprint density at radius 1 is 1.23 bits per heavy atom. The number of ether oxygens (including phenoxy) is 1.